The van der Waals surface area contributed by atoms with E-state index >= 15 is 0 Å². The molecule has 0 saturated heterocycles. The van der Waals surface area contributed by atoms with E-state index in [1.165, 1.54) is 0 Å². The number of ketones is 1. The highest BCUT2D eigenvalue weighted by atomic mass is 16.3. The molecule has 0 aliphatic heterocycles. The molecule has 2 heteroatoms. The summed E-state index contributed by atoms with van der Waals surface area (Å²) >= 11 is 0. The van der Waals surface area contributed by atoms with Gasteiger partial charge in [0.1, 0.15) is 5.78 Å². The second-order valence-corrected chi connectivity index (χ2v) is 1.94. The first kappa shape index (κ1) is 4.78. The molecular weight excluding hydrogens is 92.1 g/mol. The number of hydrogen-bond acceptors (Lipinski definition) is 2. The molecule has 1 rings (SSSR count). The van der Waals surface area contributed by atoms with E-state index in [1.807, 2.05) is 0 Å². The van der Waals surface area contributed by atoms with Crippen LogP contribution < -0.4 is 0 Å². The van der Waals surface area contributed by atoms with E-state index in [9.17, 15) is 4.79 Å². The third-order valence-corrected chi connectivity index (χ3v) is 1.22. The summed E-state index contributed by atoms with van der Waals surface area (Å²) in [5.74, 6) is 0.201. The van der Waals surface area contributed by atoms with Crippen molar-refractivity contribution in [3.8, 4) is 0 Å². The topological polar surface area (TPSA) is 37.3 Å². The smallest absolute Gasteiger partial charge is 0.135 e. The minimum Gasteiger partial charge on any atom is -0.393 e. The fourth-order valence-electron chi connectivity index (χ4n) is 0.795. The molecule has 1 saturated carbocycles. The number of carbonyl (C=O) groups is 1. The summed E-state index contributed by atoms with van der Waals surface area (Å²) in [7, 11) is 0. The quantitative estimate of drug-likeness (QED) is 0.468. The third kappa shape index (κ3) is 0.996. The maximum atomic E-state index is 10.3. The van der Waals surface area contributed by atoms with Crippen molar-refractivity contribution < 1.29 is 9.90 Å². The average Bonchev–Trinajstić information content (AvgIpc) is 1.87. The van der Waals surface area contributed by atoms with E-state index in [4.69, 9.17) is 5.11 Å². The Bertz CT molecular complexity index is 88.1. The van der Waals surface area contributed by atoms with Crippen LogP contribution in [0.15, 0.2) is 0 Å². The van der Waals surface area contributed by atoms with Crippen molar-refractivity contribution in [3.05, 3.63) is 0 Å². The van der Waals surface area contributed by atoms with Crippen molar-refractivity contribution in [1.29, 1.82) is 0 Å². The van der Waals surface area contributed by atoms with Crippen LogP contribution in [0.2, 0.25) is 0 Å². The van der Waals surface area contributed by atoms with Crippen molar-refractivity contribution >= 4 is 5.78 Å². The van der Waals surface area contributed by atoms with Gasteiger partial charge in [-0.3, -0.25) is 4.79 Å². The van der Waals surface area contributed by atoms with Gasteiger partial charge in [0.05, 0.1) is 6.10 Å². The molecule has 40 valence electrons. The lowest BCUT2D eigenvalue weighted by Gasteiger charge is -1.90. The van der Waals surface area contributed by atoms with Crippen LogP contribution in [0, 0.1) is 0 Å². The van der Waals surface area contributed by atoms with Gasteiger partial charge >= 0.3 is 0 Å². The van der Waals surface area contributed by atoms with Crippen molar-refractivity contribution in [2.45, 2.75) is 25.4 Å². The second-order valence-electron chi connectivity index (χ2n) is 1.94. The van der Waals surface area contributed by atoms with Crippen LogP contribution in [0.3, 0.4) is 0 Å². The molecule has 1 fully saturated rings. The summed E-state index contributed by atoms with van der Waals surface area (Å²) in [4.78, 5) is 10.3. The monoisotopic (exact) mass is 100 g/mol. The van der Waals surface area contributed by atoms with Crippen molar-refractivity contribution in [3.63, 3.8) is 0 Å². The number of rotatable bonds is 0. The van der Waals surface area contributed by atoms with Crippen LogP contribution in [-0.4, -0.2) is 17.0 Å². The van der Waals surface area contributed by atoms with Crippen LogP contribution in [0.4, 0.5) is 0 Å². The Kier molecular flexibility index (Phi) is 1.11. The van der Waals surface area contributed by atoms with Gasteiger partial charge in [0, 0.05) is 12.8 Å². The Hall–Kier alpha value is -0.370. The van der Waals surface area contributed by atoms with Crippen molar-refractivity contribution in [2.24, 2.45) is 0 Å². The molecule has 0 heterocycles. The van der Waals surface area contributed by atoms with Crippen molar-refractivity contribution in [1.82, 2.24) is 0 Å². The summed E-state index contributed by atoms with van der Waals surface area (Å²) in [5.41, 5.74) is 0. The van der Waals surface area contributed by atoms with Crippen LogP contribution in [0.5, 0.6) is 0 Å². The first-order chi connectivity index (χ1) is 3.29. The molecule has 0 aromatic rings. The minimum absolute atomic E-state index is 0.201. The highest BCUT2D eigenvalue weighted by Gasteiger charge is 2.18. The van der Waals surface area contributed by atoms with Crippen LogP contribution in [-0.2, 0) is 4.79 Å². The normalized spacial score (nSPS) is 31.6. The standard InChI is InChI=1S/C5H8O2/c6-4-1-2-5(7)3-4/h4,6H,1-3H2/t4-/m0/s1. The zero-order valence-electron chi connectivity index (χ0n) is 4.05. The van der Waals surface area contributed by atoms with Gasteiger partial charge in [-0.15, -0.1) is 0 Å². The molecule has 1 atom stereocenters. The molecule has 7 heavy (non-hydrogen) atoms. The molecule has 0 spiro atoms. The zero-order chi connectivity index (χ0) is 5.28. The van der Waals surface area contributed by atoms with E-state index in [0.717, 1.165) is 0 Å². The Morgan fingerprint density at radius 3 is 2.57 bits per heavy atom. The number of aliphatic hydroxyl groups is 1. The number of aliphatic hydroxyl groups excluding tert-OH is 1. The number of carbonyl (C=O) groups excluding carboxylic acids is 1. The predicted octanol–water partition coefficient (Wildman–Crippen LogP) is 0.100. The molecule has 0 aromatic heterocycles. The Balaban J connectivity index is 2.40. The summed E-state index contributed by atoms with van der Waals surface area (Å²) in [6, 6.07) is 0. The highest BCUT2D eigenvalue weighted by Crippen LogP contribution is 2.12. The first-order valence-corrected chi connectivity index (χ1v) is 2.49. The van der Waals surface area contributed by atoms with E-state index in [1.54, 1.807) is 0 Å². The fourth-order valence-corrected chi connectivity index (χ4v) is 0.795. The fraction of sp³-hybridized carbons (Fsp3) is 0.800. The lowest BCUT2D eigenvalue weighted by Crippen LogP contribution is -1.98. The Morgan fingerprint density at radius 1 is 1.71 bits per heavy atom. The van der Waals surface area contributed by atoms with Crippen LogP contribution in [0.25, 0.3) is 0 Å². The average molecular weight is 100 g/mol. The minimum atomic E-state index is -0.326. The molecular formula is C5H8O2. The van der Waals surface area contributed by atoms with Crippen molar-refractivity contribution in [2.75, 3.05) is 0 Å². The van der Waals surface area contributed by atoms with E-state index in [0.29, 0.717) is 19.3 Å². The van der Waals surface area contributed by atoms with E-state index < -0.39 is 0 Å². The van der Waals surface area contributed by atoms with Gasteiger partial charge < -0.3 is 5.11 Å². The largest absolute Gasteiger partial charge is 0.393 e. The summed E-state index contributed by atoms with van der Waals surface area (Å²) in [6.07, 6.45) is 1.33. The molecule has 0 aromatic carbocycles. The van der Waals surface area contributed by atoms with Gasteiger partial charge in [-0.2, -0.15) is 0 Å². The van der Waals surface area contributed by atoms with Crippen LogP contribution in [0.1, 0.15) is 19.3 Å². The maximum Gasteiger partial charge on any atom is 0.135 e. The lowest BCUT2D eigenvalue weighted by atomic mass is 10.3. The summed E-state index contributed by atoms with van der Waals surface area (Å²) < 4.78 is 0. The predicted molar refractivity (Wildman–Crippen MR) is 24.9 cm³/mol. The van der Waals surface area contributed by atoms with Gasteiger partial charge in [-0.1, -0.05) is 0 Å². The first-order valence-electron chi connectivity index (χ1n) is 2.49. The molecule has 2 nitrogen and oxygen atoms in total. The third-order valence-electron chi connectivity index (χ3n) is 1.22. The molecule has 0 amide bonds. The SMILES string of the molecule is O=C1CC[C@H](O)C1. The van der Waals surface area contributed by atoms with E-state index in [-0.39, 0.29) is 11.9 Å². The maximum absolute atomic E-state index is 10.3. The van der Waals surface area contributed by atoms with Gasteiger partial charge in [-0.05, 0) is 6.42 Å². The highest BCUT2D eigenvalue weighted by molar-refractivity contribution is 5.80. The van der Waals surface area contributed by atoms with Gasteiger partial charge in [0.25, 0.3) is 0 Å². The number of hydrogen-bond donors (Lipinski definition) is 1. The second kappa shape index (κ2) is 1.62. The van der Waals surface area contributed by atoms with Gasteiger partial charge in [-0.25, -0.2) is 0 Å². The van der Waals surface area contributed by atoms with Gasteiger partial charge in [0.2, 0.25) is 0 Å². The molecule has 0 unspecified atom stereocenters. The molecule has 0 bridgehead atoms. The Labute approximate surface area is 42.1 Å². The van der Waals surface area contributed by atoms with Gasteiger partial charge in [0.15, 0.2) is 0 Å². The Morgan fingerprint density at radius 2 is 2.43 bits per heavy atom. The molecule has 0 radical (unpaired) electrons. The lowest BCUT2D eigenvalue weighted by molar-refractivity contribution is -0.117. The zero-order valence-corrected chi connectivity index (χ0v) is 4.05. The molecule has 1 aliphatic carbocycles. The van der Waals surface area contributed by atoms with Crippen LogP contribution >= 0.6 is 0 Å². The number of Topliss-reactive ketones (excluding diaryl/α,β-unsaturated/α-hetero) is 1. The summed E-state index contributed by atoms with van der Waals surface area (Å²) in [5, 5.41) is 8.68. The molecule has 1 aliphatic rings. The molecule has 1 N–H and O–H groups in total. The summed E-state index contributed by atoms with van der Waals surface area (Å²) in [6.45, 7) is 0. The van der Waals surface area contributed by atoms with E-state index in [2.05, 4.69) is 0 Å².